The lowest BCUT2D eigenvalue weighted by molar-refractivity contribution is -0.122. The van der Waals surface area contributed by atoms with E-state index in [1.165, 1.54) is 6.20 Å². The van der Waals surface area contributed by atoms with E-state index < -0.39 is 0 Å². The van der Waals surface area contributed by atoms with Crippen molar-refractivity contribution in [1.82, 2.24) is 19.9 Å². The van der Waals surface area contributed by atoms with Gasteiger partial charge in [0, 0.05) is 24.2 Å². The molecule has 0 unspecified atom stereocenters. The van der Waals surface area contributed by atoms with E-state index in [2.05, 4.69) is 33.6 Å². The first-order chi connectivity index (χ1) is 12.3. The quantitative estimate of drug-likeness (QED) is 0.778. The van der Waals surface area contributed by atoms with E-state index in [1.54, 1.807) is 10.7 Å². The molecular formula is C19H17N5O. The van der Waals surface area contributed by atoms with Gasteiger partial charge >= 0.3 is 0 Å². The zero-order chi connectivity index (χ0) is 17.2. The maximum absolute atomic E-state index is 11.7. The summed E-state index contributed by atoms with van der Waals surface area (Å²) in [7, 11) is 0. The molecule has 1 aliphatic carbocycles. The molecule has 0 saturated heterocycles. The van der Waals surface area contributed by atoms with Crippen molar-refractivity contribution in [2.75, 3.05) is 6.54 Å². The smallest absolute Gasteiger partial charge is 0.223 e. The number of nitrogens with zero attached hydrogens (tertiary/aromatic N) is 4. The molecule has 25 heavy (non-hydrogen) atoms. The van der Waals surface area contributed by atoms with Crippen LogP contribution in [0.25, 0.3) is 16.9 Å². The minimum atomic E-state index is 0.174. The molecule has 0 aliphatic heterocycles. The van der Waals surface area contributed by atoms with Gasteiger partial charge in [-0.05, 0) is 37.0 Å². The number of carbonyl (C=O) groups is 1. The van der Waals surface area contributed by atoms with E-state index in [1.807, 2.05) is 18.2 Å². The molecule has 6 nitrogen and oxygen atoms in total. The highest BCUT2D eigenvalue weighted by Gasteiger charge is 2.28. The Bertz CT molecular complexity index is 981. The van der Waals surface area contributed by atoms with Crippen LogP contribution in [-0.2, 0) is 11.2 Å². The number of fused-ring (bicyclic) bond motifs is 1. The number of nitriles is 1. The molecular weight excluding hydrogens is 314 g/mol. The van der Waals surface area contributed by atoms with Crippen LogP contribution in [0, 0.1) is 17.2 Å². The Morgan fingerprint density at radius 2 is 2.24 bits per heavy atom. The van der Waals surface area contributed by atoms with Gasteiger partial charge in [0.15, 0.2) is 5.65 Å². The van der Waals surface area contributed by atoms with Crippen LogP contribution < -0.4 is 5.32 Å². The summed E-state index contributed by atoms with van der Waals surface area (Å²) in [6.45, 7) is 0.644. The topological polar surface area (TPSA) is 83.1 Å². The molecule has 1 fully saturated rings. The lowest BCUT2D eigenvalue weighted by Gasteiger charge is -2.08. The van der Waals surface area contributed by atoms with Gasteiger partial charge < -0.3 is 5.32 Å². The molecule has 1 aromatic carbocycles. The minimum Gasteiger partial charge on any atom is -0.356 e. The highest BCUT2D eigenvalue weighted by atomic mass is 16.2. The Kier molecular flexibility index (Phi) is 3.90. The fourth-order valence-corrected chi connectivity index (χ4v) is 2.90. The van der Waals surface area contributed by atoms with Crippen LogP contribution in [0.2, 0.25) is 0 Å². The molecule has 4 rings (SSSR count). The van der Waals surface area contributed by atoms with Gasteiger partial charge in [-0.15, -0.1) is 0 Å². The Morgan fingerprint density at radius 1 is 1.36 bits per heavy atom. The van der Waals surface area contributed by atoms with Crippen LogP contribution >= 0.6 is 0 Å². The van der Waals surface area contributed by atoms with E-state index >= 15 is 0 Å². The van der Waals surface area contributed by atoms with Crippen LogP contribution in [0.1, 0.15) is 24.0 Å². The van der Waals surface area contributed by atoms with Crippen molar-refractivity contribution in [2.24, 2.45) is 5.92 Å². The maximum atomic E-state index is 11.7. The Morgan fingerprint density at radius 3 is 3.04 bits per heavy atom. The molecule has 0 bridgehead atoms. The Balaban J connectivity index is 1.56. The number of carbonyl (C=O) groups excluding carboxylic acids is 1. The second kappa shape index (κ2) is 6.36. The summed E-state index contributed by atoms with van der Waals surface area (Å²) >= 11 is 0. The van der Waals surface area contributed by atoms with Crippen molar-refractivity contribution in [3.8, 4) is 17.3 Å². The predicted molar refractivity (Wildman–Crippen MR) is 92.6 cm³/mol. The number of aromatic nitrogens is 3. The summed E-state index contributed by atoms with van der Waals surface area (Å²) in [6.07, 6.45) is 6.05. The first kappa shape index (κ1) is 15.3. The first-order valence-corrected chi connectivity index (χ1v) is 8.36. The lowest BCUT2D eigenvalue weighted by atomic mass is 10.1. The second-order valence-corrected chi connectivity index (χ2v) is 6.25. The number of amides is 1. The largest absolute Gasteiger partial charge is 0.356 e. The van der Waals surface area contributed by atoms with Crippen molar-refractivity contribution in [1.29, 1.82) is 5.26 Å². The summed E-state index contributed by atoms with van der Waals surface area (Å²) in [6, 6.07) is 12.1. The lowest BCUT2D eigenvalue weighted by Crippen LogP contribution is -2.26. The fourth-order valence-electron chi connectivity index (χ4n) is 2.90. The standard InChI is InChI=1S/C19H17N5O/c20-11-16-12-23-24-17(7-9-21-18(16)24)15-3-1-2-13(10-15)6-8-22-19(25)14-4-5-14/h1-3,7,9-10,12,14H,4-6,8H2,(H,22,25). The van der Waals surface area contributed by atoms with Crippen LogP contribution in [0.3, 0.4) is 0 Å². The van der Waals surface area contributed by atoms with E-state index in [0.29, 0.717) is 17.8 Å². The number of benzene rings is 1. The van der Waals surface area contributed by atoms with E-state index in [9.17, 15) is 4.79 Å². The zero-order valence-electron chi connectivity index (χ0n) is 13.6. The van der Waals surface area contributed by atoms with Gasteiger partial charge in [-0.1, -0.05) is 18.2 Å². The molecule has 2 aromatic heterocycles. The van der Waals surface area contributed by atoms with Gasteiger partial charge in [-0.2, -0.15) is 10.4 Å². The summed E-state index contributed by atoms with van der Waals surface area (Å²) in [5, 5.41) is 16.4. The third-order valence-electron chi connectivity index (χ3n) is 4.41. The van der Waals surface area contributed by atoms with Crippen LogP contribution in [0.4, 0.5) is 0 Å². The normalized spacial score (nSPS) is 13.6. The van der Waals surface area contributed by atoms with Crippen molar-refractivity contribution >= 4 is 11.6 Å². The molecule has 1 aliphatic rings. The van der Waals surface area contributed by atoms with Crippen molar-refractivity contribution in [3.63, 3.8) is 0 Å². The summed E-state index contributed by atoms with van der Waals surface area (Å²) < 4.78 is 1.69. The van der Waals surface area contributed by atoms with Gasteiger partial charge in [0.1, 0.15) is 11.6 Å². The van der Waals surface area contributed by atoms with Gasteiger partial charge in [-0.3, -0.25) is 4.79 Å². The molecule has 0 spiro atoms. The van der Waals surface area contributed by atoms with Gasteiger partial charge in [-0.25, -0.2) is 9.50 Å². The molecule has 2 heterocycles. The highest BCUT2D eigenvalue weighted by Crippen LogP contribution is 2.28. The molecule has 1 amide bonds. The highest BCUT2D eigenvalue weighted by molar-refractivity contribution is 5.80. The average Bonchev–Trinajstić information content (AvgIpc) is 3.41. The molecule has 0 atom stereocenters. The van der Waals surface area contributed by atoms with Crippen LogP contribution in [0.15, 0.2) is 42.7 Å². The third kappa shape index (κ3) is 3.09. The summed E-state index contributed by atoms with van der Waals surface area (Å²) in [5.74, 6) is 0.415. The zero-order valence-corrected chi connectivity index (χ0v) is 13.6. The molecule has 1 saturated carbocycles. The SMILES string of the molecule is N#Cc1cnn2c(-c3cccc(CCNC(=O)C4CC4)c3)ccnc12. The van der Waals surface area contributed by atoms with Crippen molar-refractivity contribution in [2.45, 2.75) is 19.3 Å². The van der Waals surface area contributed by atoms with Crippen molar-refractivity contribution in [3.05, 3.63) is 53.9 Å². The Hall–Kier alpha value is -3.20. The molecule has 124 valence electrons. The van der Waals surface area contributed by atoms with Gasteiger partial charge in [0.2, 0.25) is 5.91 Å². The molecule has 3 aromatic rings. The number of rotatable bonds is 5. The number of hydrogen-bond donors (Lipinski definition) is 1. The second-order valence-electron chi connectivity index (χ2n) is 6.25. The summed E-state index contributed by atoms with van der Waals surface area (Å²) in [5.41, 5.74) is 4.05. The molecule has 6 heteroatoms. The monoisotopic (exact) mass is 331 g/mol. The van der Waals surface area contributed by atoms with Gasteiger partial charge in [0.25, 0.3) is 0 Å². The number of hydrogen-bond acceptors (Lipinski definition) is 4. The Labute approximate surface area is 145 Å². The van der Waals surface area contributed by atoms with E-state index in [0.717, 1.165) is 36.1 Å². The van der Waals surface area contributed by atoms with E-state index in [4.69, 9.17) is 5.26 Å². The van der Waals surface area contributed by atoms with Crippen molar-refractivity contribution < 1.29 is 4.79 Å². The number of nitrogens with one attached hydrogen (secondary N) is 1. The average molecular weight is 331 g/mol. The fraction of sp³-hybridized carbons (Fsp3) is 0.263. The van der Waals surface area contributed by atoms with Gasteiger partial charge in [0.05, 0.1) is 11.9 Å². The molecule has 0 radical (unpaired) electrons. The third-order valence-corrected chi connectivity index (χ3v) is 4.41. The minimum absolute atomic E-state index is 0.174. The molecule has 1 N–H and O–H groups in total. The predicted octanol–water partition coefficient (Wildman–Crippen LogP) is 2.34. The van der Waals surface area contributed by atoms with Crippen LogP contribution in [0.5, 0.6) is 0 Å². The van der Waals surface area contributed by atoms with Crippen LogP contribution in [-0.4, -0.2) is 27.0 Å². The summed E-state index contributed by atoms with van der Waals surface area (Å²) in [4.78, 5) is 15.9. The first-order valence-electron chi connectivity index (χ1n) is 8.36. The van der Waals surface area contributed by atoms with E-state index in [-0.39, 0.29) is 11.8 Å². The maximum Gasteiger partial charge on any atom is 0.223 e.